The fraction of sp³-hybridized carbons (Fsp3) is 0.409. The maximum Gasteiger partial charge on any atom is 0.253 e. The highest BCUT2D eigenvalue weighted by atomic mass is 16.5. The molecule has 3 rings (SSSR count). The fourth-order valence-corrected chi connectivity index (χ4v) is 3.27. The molecule has 25 heavy (non-hydrogen) atoms. The topological polar surface area (TPSA) is 29.5 Å². The molecule has 1 fully saturated rings. The number of amides is 1. The minimum absolute atomic E-state index is 0.146. The summed E-state index contributed by atoms with van der Waals surface area (Å²) in [5.74, 6) is 1.63. The molecule has 1 heterocycles. The Morgan fingerprint density at radius 3 is 2.56 bits per heavy atom. The Bertz CT molecular complexity index is 736. The van der Waals surface area contributed by atoms with E-state index in [-0.39, 0.29) is 5.91 Å². The van der Waals surface area contributed by atoms with E-state index in [1.807, 2.05) is 35.2 Å². The van der Waals surface area contributed by atoms with Crippen molar-refractivity contribution in [2.45, 2.75) is 40.2 Å². The largest absolute Gasteiger partial charge is 0.489 e. The van der Waals surface area contributed by atoms with Crippen LogP contribution >= 0.6 is 0 Å². The Morgan fingerprint density at radius 1 is 1.12 bits per heavy atom. The Labute approximate surface area is 150 Å². The van der Waals surface area contributed by atoms with E-state index in [0.717, 1.165) is 36.4 Å². The Balaban J connectivity index is 1.60. The molecule has 3 heteroatoms. The van der Waals surface area contributed by atoms with E-state index in [0.29, 0.717) is 12.5 Å². The second-order valence-electron chi connectivity index (χ2n) is 7.23. The first-order valence-electron chi connectivity index (χ1n) is 9.11. The quantitative estimate of drug-likeness (QED) is 0.805. The van der Waals surface area contributed by atoms with E-state index in [9.17, 15) is 4.79 Å². The monoisotopic (exact) mass is 337 g/mol. The first-order chi connectivity index (χ1) is 12.0. The number of carbonyl (C=O) groups excluding carboxylic acids is 1. The third-order valence-corrected chi connectivity index (χ3v) is 5.03. The molecule has 3 nitrogen and oxygen atoms in total. The van der Waals surface area contributed by atoms with Gasteiger partial charge in [-0.1, -0.05) is 25.1 Å². The van der Waals surface area contributed by atoms with Gasteiger partial charge in [-0.15, -0.1) is 0 Å². The standard InChI is InChI=1S/C22H27NO2/c1-16-5-4-12-23(14-16)22(24)20-9-7-19(8-10-20)15-25-21-11-6-17(2)18(3)13-21/h6-11,13,16H,4-5,12,14-15H2,1-3H3. The molecular formula is C22H27NO2. The van der Waals surface area contributed by atoms with E-state index in [1.165, 1.54) is 17.5 Å². The highest BCUT2D eigenvalue weighted by molar-refractivity contribution is 5.94. The number of piperidine rings is 1. The average molecular weight is 337 g/mol. The van der Waals surface area contributed by atoms with Crippen LogP contribution in [0.25, 0.3) is 0 Å². The number of likely N-dealkylation sites (tertiary alicyclic amines) is 1. The molecule has 0 bridgehead atoms. The molecule has 1 amide bonds. The van der Waals surface area contributed by atoms with E-state index < -0.39 is 0 Å². The Morgan fingerprint density at radius 2 is 1.88 bits per heavy atom. The summed E-state index contributed by atoms with van der Waals surface area (Å²) in [5.41, 5.74) is 4.34. The van der Waals surface area contributed by atoms with Crippen molar-refractivity contribution in [2.24, 2.45) is 5.92 Å². The second-order valence-corrected chi connectivity index (χ2v) is 7.23. The van der Waals surface area contributed by atoms with E-state index in [1.54, 1.807) is 0 Å². The lowest BCUT2D eigenvalue weighted by atomic mass is 9.99. The third kappa shape index (κ3) is 4.41. The zero-order valence-electron chi connectivity index (χ0n) is 15.4. The van der Waals surface area contributed by atoms with E-state index in [4.69, 9.17) is 4.74 Å². The van der Waals surface area contributed by atoms with Crippen LogP contribution in [0.5, 0.6) is 5.75 Å². The highest BCUT2D eigenvalue weighted by Crippen LogP contribution is 2.20. The van der Waals surface area contributed by atoms with Gasteiger partial charge in [-0.2, -0.15) is 0 Å². The molecular weight excluding hydrogens is 310 g/mol. The SMILES string of the molecule is Cc1ccc(OCc2ccc(C(=O)N3CCCC(C)C3)cc2)cc1C. The number of carbonyl (C=O) groups is 1. The summed E-state index contributed by atoms with van der Waals surface area (Å²) in [5, 5.41) is 0. The molecule has 0 aromatic heterocycles. The molecule has 0 saturated carbocycles. The van der Waals surface area contributed by atoms with Gasteiger partial charge in [0.25, 0.3) is 5.91 Å². The molecule has 0 radical (unpaired) electrons. The minimum atomic E-state index is 0.146. The van der Waals surface area contributed by atoms with Gasteiger partial charge in [0.15, 0.2) is 0 Å². The van der Waals surface area contributed by atoms with Gasteiger partial charge in [-0.05, 0) is 73.6 Å². The number of ether oxygens (including phenoxy) is 1. The molecule has 1 saturated heterocycles. The number of hydrogen-bond acceptors (Lipinski definition) is 2. The summed E-state index contributed by atoms with van der Waals surface area (Å²) in [4.78, 5) is 14.6. The van der Waals surface area contributed by atoms with Crippen molar-refractivity contribution >= 4 is 5.91 Å². The molecule has 2 aromatic carbocycles. The summed E-state index contributed by atoms with van der Waals surface area (Å²) in [6.07, 6.45) is 2.33. The number of rotatable bonds is 4. The molecule has 0 aliphatic carbocycles. The van der Waals surface area contributed by atoms with Crippen molar-refractivity contribution in [3.63, 3.8) is 0 Å². The van der Waals surface area contributed by atoms with Crippen LogP contribution in [0.4, 0.5) is 0 Å². The minimum Gasteiger partial charge on any atom is -0.489 e. The summed E-state index contributed by atoms with van der Waals surface area (Å²) in [6, 6.07) is 13.9. The summed E-state index contributed by atoms with van der Waals surface area (Å²) < 4.78 is 5.86. The van der Waals surface area contributed by atoms with Gasteiger partial charge in [0, 0.05) is 18.7 Å². The zero-order valence-corrected chi connectivity index (χ0v) is 15.4. The van der Waals surface area contributed by atoms with Gasteiger partial charge < -0.3 is 9.64 Å². The lowest BCUT2D eigenvalue weighted by Crippen LogP contribution is -2.39. The number of hydrogen-bond donors (Lipinski definition) is 0. The first kappa shape index (κ1) is 17.5. The summed E-state index contributed by atoms with van der Waals surface area (Å²) >= 11 is 0. The Kier molecular flexibility index (Phi) is 5.42. The van der Waals surface area contributed by atoms with Gasteiger partial charge in [-0.3, -0.25) is 4.79 Å². The molecule has 132 valence electrons. The number of benzene rings is 2. The molecule has 1 unspecified atom stereocenters. The van der Waals surface area contributed by atoms with Crippen molar-refractivity contribution in [3.8, 4) is 5.75 Å². The van der Waals surface area contributed by atoms with Crippen molar-refractivity contribution in [3.05, 3.63) is 64.7 Å². The van der Waals surface area contributed by atoms with Crippen molar-refractivity contribution in [1.82, 2.24) is 4.90 Å². The maximum absolute atomic E-state index is 12.6. The van der Waals surface area contributed by atoms with Gasteiger partial charge in [0.05, 0.1) is 0 Å². The normalized spacial score (nSPS) is 17.4. The molecule has 0 spiro atoms. The highest BCUT2D eigenvalue weighted by Gasteiger charge is 2.21. The third-order valence-electron chi connectivity index (χ3n) is 5.03. The Hall–Kier alpha value is -2.29. The van der Waals surface area contributed by atoms with E-state index >= 15 is 0 Å². The van der Waals surface area contributed by atoms with Gasteiger partial charge >= 0.3 is 0 Å². The number of aryl methyl sites for hydroxylation is 2. The van der Waals surface area contributed by atoms with Crippen LogP contribution in [0.3, 0.4) is 0 Å². The smallest absolute Gasteiger partial charge is 0.253 e. The van der Waals surface area contributed by atoms with Crippen LogP contribution in [-0.4, -0.2) is 23.9 Å². The first-order valence-corrected chi connectivity index (χ1v) is 9.11. The van der Waals surface area contributed by atoms with Gasteiger partial charge in [0.1, 0.15) is 12.4 Å². The van der Waals surface area contributed by atoms with Crippen molar-refractivity contribution in [2.75, 3.05) is 13.1 Å². The van der Waals surface area contributed by atoms with Crippen LogP contribution in [0.2, 0.25) is 0 Å². The van der Waals surface area contributed by atoms with Gasteiger partial charge in [0.2, 0.25) is 0 Å². The zero-order chi connectivity index (χ0) is 17.8. The predicted octanol–water partition coefficient (Wildman–Crippen LogP) is 4.75. The average Bonchev–Trinajstić information content (AvgIpc) is 2.62. The van der Waals surface area contributed by atoms with Crippen molar-refractivity contribution in [1.29, 1.82) is 0 Å². The number of nitrogens with zero attached hydrogens (tertiary/aromatic N) is 1. The van der Waals surface area contributed by atoms with Crippen LogP contribution in [0, 0.1) is 19.8 Å². The van der Waals surface area contributed by atoms with Crippen LogP contribution in [0.15, 0.2) is 42.5 Å². The van der Waals surface area contributed by atoms with Crippen LogP contribution in [-0.2, 0) is 6.61 Å². The molecule has 2 aromatic rings. The fourth-order valence-electron chi connectivity index (χ4n) is 3.27. The molecule has 1 atom stereocenters. The van der Waals surface area contributed by atoms with E-state index in [2.05, 4.69) is 32.9 Å². The lowest BCUT2D eigenvalue weighted by molar-refractivity contribution is 0.0683. The second kappa shape index (κ2) is 7.73. The predicted molar refractivity (Wildman–Crippen MR) is 101 cm³/mol. The maximum atomic E-state index is 12.6. The molecule has 1 aliphatic rings. The molecule has 1 aliphatic heterocycles. The molecule has 0 N–H and O–H groups in total. The summed E-state index contributed by atoms with van der Waals surface area (Å²) in [7, 11) is 0. The van der Waals surface area contributed by atoms with Crippen LogP contribution < -0.4 is 4.74 Å². The van der Waals surface area contributed by atoms with Crippen molar-refractivity contribution < 1.29 is 9.53 Å². The summed E-state index contributed by atoms with van der Waals surface area (Å²) in [6.45, 7) is 8.66. The van der Waals surface area contributed by atoms with Gasteiger partial charge in [-0.25, -0.2) is 0 Å². The lowest BCUT2D eigenvalue weighted by Gasteiger charge is -2.31. The van der Waals surface area contributed by atoms with Crippen LogP contribution in [0.1, 0.15) is 46.8 Å².